The third kappa shape index (κ3) is 2.99. The quantitative estimate of drug-likeness (QED) is 0.784. The van der Waals surface area contributed by atoms with Crippen LogP contribution >= 0.6 is 15.9 Å². The standard InChI is InChI=1S/C9H8BrFO3/c1-13-9(12)5-14-8-4-6(10)2-3-7(8)11/h2-4H,5H2,1H3. The average Bonchev–Trinajstić information content (AvgIpc) is 2.19. The molecule has 0 heterocycles. The minimum atomic E-state index is -0.552. The van der Waals surface area contributed by atoms with Gasteiger partial charge in [-0.1, -0.05) is 15.9 Å². The number of hydrogen-bond acceptors (Lipinski definition) is 3. The van der Waals surface area contributed by atoms with Crippen molar-refractivity contribution in [1.82, 2.24) is 0 Å². The third-order valence-electron chi connectivity index (χ3n) is 1.47. The van der Waals surface area contributed by atoms with Gasteiger partial charge in [-0.15, -0.1) is 0 Å². The number of rotatable bonds is 3. The lowest BCUT2D eigenvalue weighted by Crippen LogP contribution is -2.13. The molecular weight excluding hydrogens is 255 g/mol. The number of benzene rings is 1. The summed E-state index contributed by atoms with van der Waals surface area (Å²) in [7, 11) is 1.24. The molecule has 0 radical (unpaired) electrons. The Labute approximate surface area is 88.9 Å². The Hall–Kier alpha value is -1.10. The first-order chi connectivity index (χ1) is 6.63. The Bertz CT molecular complexity index is 341. The van der Waals surface area contributed by atoms with Crippen LogP contribution in [0.3, 0.4) is 0 Å². The Balaban J connectivity index is 2.66. The van der Waals surface area contributed by atoms with E-state index in [2.05, 4.69) is 20.7 Å². The lowest BCUT2D eigenvalue weighted by molar-refractivity contribution is -0.142. The highest BCUT2D eigenvalue weighted by atomic mass is 79.9. The molecule has 0 aliphatic carbocycles. The molecule has 0 aliphatic heterocycles. The zero-order chi connectivity index (χ0) is 10.6. The minimum Gasteiger partial charge on any atom is -0.479 e. The fourth-order valence-electron chi connectivity index (χ4n) is 0.783. The van der Waals surface area contributed by atoms with Crippen molar-refractivity contribution in [1.29, 1.82) is 0 Å². The highest BCUT2D eigenvalue weighted by Gasteiger charge is 2.06. The van der Waals surface area contributed by atoms with Crippen molar-refractivity contribution in [2.24, 2.45) is 0 Å². The van der Waals surface area contributed by atoms with Crippen LogP contribution in [0.25, 0.3) is 0 Å². The largest absolute Gasteiger partial charge is 0.479 e. The molecule has 14 heavy (non-hydrogen) atoms. The molecule has 76 valence electrons. The molecule has 1 rings (SSSR count). The first-order valence-electron chi connectivity index (χ1n) is 3.78. The first-order valence-corrected chi connectivity index (χ1v) is 4.57. The summed E-state index contributed by atoms with van der Waals surface area (Å²) in [6.07, 6.45) is 0. The summed E-state index contributed by atoms with van der Waals surface area (Å²) in [5.41, 5.74) is 0. The van der Waals surface area contributed by atoms with Crippen LogP contribution in [-0.4, -0.2) is 19.7 Å². The van der Waals surface area contributed by atoms with Gasteiger partial charge in [-0.2, -0.15) is 0 Å². The van der Waals surface area contributed by atoms with E-state index in [0.29, 0.717) is 4.47 Å². The summed E-state index contributed by atoms with van der Waals surface area (Å²) in [5, 5.41) is 0. The summed E-state index contributed by atoms with van der Waals surface area (Å²) >= 11 is 3.16. The zero-order valence-electron chi connectivity index (χ0n) is 7.42. The fourth-order valence-corrected chi connectivity index (χ4v) is 1.12. The molecule has 0 saturated carbocycles. The second-order valence-electron chi connectivity index (χ2n) is 2.44. The molecule has 0 amide bonds. The number of carbonyl (C=O) groups is 1. The van der Waals surface area contributed by atoms with Crippen LogP contribution in [0.5, 0.6) is 5.75 Å². The highest BCUT2D eigenvalue weighted by molar-refractivity contribution is 9.10. The van der Waals surface area contributed by atoms with E-state index in [1.165, 1.54) is 19.2 Å². The van der Waals surface area contributed by atoms with Gasteiger partial charge in [0, 0.05) is 4.47 Å². The molecule has 5 heteroatoms. The van der Waals surface area contributed by atoms with E-state index in [-0.39, 0.29) is 12.4 Å². The Kier molecular flexibility index (Phi) is 3.88. The van der Waals surface area contributed by atoms with Crippen molar-refractivity contribution in [2.75, 3.05) is 13.7 Å². The number of ether oxygens (including phenoxy) is 2. The lowest BCUT2D eigenvalue weighted by atomic mass is 10.3. The maximum atomic E-state index is 13.0. The van der Waals surface area contributed by atoms with Gasteiger partial charge >= 0.3 is 5.97 Å². The topological polar surface area (TPSA) is 35.5 Å². The second kappa shape index (κ2) is 4.95. The van der Waals surface area contributed by atoms with E-state index in [4.69, 9.17) is 4.74 Å². The Morgan fingerprint density at radius 2 is 2.29 bits per heavy atom. The third-order valence-corrected chi connectivity index (χ3v) is 1.96. The van der Waals surface area contributed by atoms with Crippen LogP contribution in [0, 0.1) is 5.82 Å². The molecule has 0 fully saturated rings. The van der Waals surface area contributed by atoms with Crippen molar-refractivity contribution in [3.63, 3.8) is 0 Å². The molecule has 0 bridgehead atoms. The smallest absolute Gasteiger partial charge is 0.343 e. The molecule has 0 aromatic heterocycles. The van der Waals surface area contributed by atoms with Gasteiger partial charge in [-0.25, -0.2) is 9.18 Å². The van der Waals surface area contributed by atoms with Crippen molar-refractivity contribution in [3.8, 4) is 5.75 Å². The maximum Gasteiger partial charge on any atom is 0.343 e. The van der Waals surface area contributed by atoms with Gasteiger partial charge in [0.15, 0.2) is 18.2 Å². The van der Waals surface area contributed by atoms with Crippen LogP contribution in [0.15, 0.2) is 22.7 Å². The summed E-state index contributed by atoms with van der Waals surface area (Å²) in [4.78, 5) is 10.7. The molecule has 0 aliphatic rings. The SMILES string of the molecule is COC(=O)COc1cc(Br)ccc1F. The molecule has 0 N–H and O–H groups in total. The van der Waals surface area contributed by atoms with Crippen LogP contribution in [0.4, 0.5) is 4.39 Å². The van der Waals surface area contributed by atoms with E-state index < -0.39 is 11.8 Å². The summed E-state index contributed by atoms with van der Waals surface area (Å²) in [6.45, 7) is -0.302. The van der Waals surface area contributed by atoms with Crippen LogP contribution in [-0.2, 0) is 9.53 Å². The predicted octanol–water partition coefficient (Wildman–Crippen LogP) is 2.14. The summed E-state index contributed by atoms with van der Waals surface area (Å²) < 4.78 is 22.9. The molecule has 1 aromatic carbocycles. The second-order valence-corrected chi connectivity index (χ2v) is 3.36. The van der Waals surface area contributed by atoms with E-state index >= 15 is 0 Å². The fraction of sp³-hybridized carbons (Fsp3) is 0.222. The number of esters is 1. The predicted molar refractivity (Wildman–Crippen MR) is 51.6 cm³/mol. The summed E-state index contributed by atoms with van der Waals surface area (Å²) in [5.74, 6) is -1.05. The van der Waals surface area contributed by atoms with Gasteiger partial charge in [0.2, 0.25) is 0 Å². The van der Waals surface area contributed by atoms with Crippen LogP contribution in [0.1, 0.15) is 0 Å². The first kappa shape index (κ1) is 11.0. The van der Waals surface area contributed by atoms with Gasteiger partial charge < -0.3 is 9.47 Å². The van der Waals surface area contributed by atoms with Crippen molar-refractivity contribution < 1.29 is 18.7 Å². The number of halogens is 2. The van der Waals surface area contributed by atoms with Crippen LogP contribution < -0.4 is 4.74 Å². The monoisotopic (exact) mass is 262 g/mol. The summed E-state index contributed by atoms with van der Waals surface area (Å²) in [6, 6.07) is 4.23. The van der Waals surface area contributed by atoms with E-state index in [1.54, 1.807) is 6.07 Å². The number of hydrogen-bond donors (Lipinski definition) is 0. The van der Waals surface area contributed by atoms with Gasteiger partial charge in [-0.3, -0.25) is 0 Å². The van der Waals surface area contributed by atoms with Gasteiger partial charge in [0.1, 0.15) is 0 Å². The zero-order valence-corrected chi connectivity index (χ0v) is 9.01. The Morgan fingerprint density at radius 1 is 1.57 bits per heavy atom. The van der Waals surface area contributed by atoms with Gasteiger partial charge in [0.25, 0.3) is 0 Å². The maximum absolute atomic E-state index is 13.0. The van der Waals surface area contributed by atoms with E-state index in [9.17, 15) is 9.18 Å². The lowest BCUT2D eigenvalue weighted by Gasteiger charge is -2.05. The normalized spacial score (nSPS) is 9.64. The molecule has 3 nitrogen and oxygen atoms in total. The van der Waals surface area contributed by atoms with Crippen molar-refractivity contribution in [2.45, 2.75) is 0 Å². The van der Waals surface area contributed by atoms with Crippen molar-refractivity contribution >= 4 is 21.9 Å². The molecule has 0 atom stereocenters. The molecule has 1 aromatic rings. The number of carbonyl (C=O) groups excluding carboxylic acids is 1. The van der Waals surface area contributed by atoms with E-state index in [0.717, 1.165) is 0 Å². The van der Waals surface area contributed by atoms with Crippen LogP contribution in [0.2, 0.25) is 0 Å². The van der Waals surface area contributed by atoms with Gasteiger partial charge in [0.05, 0.1) is 7.11 Å². The molecule has 0 spiro atoms. The molecule has 0 saturated heterocycles. The van der Waals surface area contributed by atoms with Gasteiger partial charge in [-0.05, 0) is 18.2 Å². The minimum absolute atomic E-state index is 0.0183. The molecule has 0 unspecified atom stereocenters. The van der Waals surface area contributed by atoms with E-state index in [1.807, 2.05) is 0 Å². The average molecular weight is 263 g/mol. The number of methoxy groups -OCH3 is 1. The highest BCUT2D eigenvalue weighted by Crippen LogP contribution is 2.21. The Morgan fingerprint density at radius 3 is 2.93 bits per heavy atom. The molecular formula is C9H8BrFO3. The van der Waals surface area contributed by atoms with Crippen molar-refractivity contribution in [3.05, 3.63) is 28.5 Å².